The molecular weight excluding hydrogens is 282 g/mol. The predicted octanol–water partition coefficient (Wildman–Crippen LogP) is 5.08. The fourth-order valence-electron chi connectivity index (χ4n) is 3.16. The molecule has 0 radical (unpaired) electrons. The fourth-order valence-corrected chi connectivity index (χ4v) is 3.34. The third kappa shape index (κ3) is 2.73. The summed E-state index contributed by atoms with van der Waals surface area (Å²) in [6, 6.07) is 14.5. The molecule has 0 bridgehead atoms. The van der Waals surface area contributed by atoms with Gasteiger partial charge in [0.2, 0.25) is 0 Å². The van der Waals surface area contributed by atoms with E-state index in [1.165, 1.54) is 11.1 Å². The summed E-state index contributed by atoms with van der Waals surface area (Å²) in [6.45, 7) is 4.58. The number of hydrogen-bond acceptors (Lipinski definition) is 2. The topological polar surface area (TPSA) is 21.3 Å². The highest BCUT2D eigenvalue weighted by atomic mass is 35.5. The Balaban J connectivity index is 1.95. The Labute approximate surface area is 131 Å². The average Bonchev–Trinajstić information content (AvgIpc) is 2.70. The third-order valence-corrected chi connectivity index (χ3v) is 4.46. The van der Waals surface area contributed by atoms with Crippen LogP contribution in [0.2, 0.25) is 5.02 Å². The van der Waals surface area contributed by atoms with Gasteiger partial charge in [0.05, 0.1) is 13.2 Å². The summed E-state index contributed by atoms with van der Waals surface area (Å²) in [5.74, 6) is 0.863. The summed E-state index contributed by atoms with van der Waals surface area (Å²) < 4.78 is 5.30. The molecule has 2 nitrogen and oxygen atoms in total. The molecule has 2 aromatic rings. The van der Waals surface area contributed by atoms with Crippen molar-refractivity contribution in [3.63, 3.8) is 0 Å². The minimum atomic E-state index is 0.149. The molecule has 21 heavy (non-hydrogen) atoms. The van der Waals surface area contributed by atoms with Crippen LogP contribution in [0, 0.1) is 5.41 Å². The number of fused-ring (bicyclic) bond motifs is 1. The van der Waals surface area contributed by atoms with Crippen LogP contribution in [0.5, 0.6) is 5.75 Å². The predicted molar refractivity (Wildman–Crippen MR) is 88.3 cm³/mol. The zero-order valence-electron chi connectivity index (χ0n) is 12.6. The zero-order valence-corrected chi connectivity index (χ0v) is 13.4. The van der Waals surface area contributed by atoms with Crippen molar-refractivity contribution in [1.82, 2.24) is 0 Å². The fraction of sp³-hybridized carbons (Fsp3) is 0.333. The van der Waals surface area contributed by atoms with Crippen molar-refractivity contribution in [2.24, 2.45) is 5.41 Å². The maximum atomic E-state index is 6.18. The van der Waals surface area contributed by atoms with Gasteiger partial charge in [0, 0.05) is 16.8 Å². The van der Waals surface area contributed by atoms with Gasteiger partial charge in [-0.2, -0.15) is 0 Å². The van der Waals surface area contributed by atoms with E-state index in [-0.39, 0.29) is 11.5 Å². The third-order valence-electron chi connectivity index (χ3n) is 4.23. The standard InChI is InChI=1S/C18H20ClNO/c1-18(2)11-12-7-8-13(19)9-16(12)17(18)20-14-5-4-6-15(10-14)21-3/h4-10,17,20H,11H2,1-3H3. The summed E-state index contributed by atoms with van der Waals surface area (Å²) in [4.78, 5) is 0. The Kier molecular flexibility index (Phi) is 3.58. The zero-order chi connectivity index (χ0) is 15.0. The molecule has 0 aromatic heterocycles. The number of rotatable bonds is 3. The van der Waals surface area contributed by atoms with Gasteiger partial charge in [0.15, 0.2) is 0 Å². The summed E-state index contributed by atoms with van der Waals surface area (Å²) in [5.41, 5.74) is 3.90. The first-order chi connectivity index (χ1) is 9.99. The highest BCUT2D eigenvalue weighted by molar-refractivity contribution is 6.30. The van der Waals surface area contributed by atoms with E-state index in [2.05, 4.69) is 37.4 Å². The summed E-state index contributed by atoms with van der Waals surface area (Å²) in [6.07, 6.45) is 1.06. The molecule has 1 aliphatic carbocycles. The van der Waals surface area contributed by atoms with E-state index in [0.29, 0.717) is 0 Å². The Bertz CT molecular complexity index is 666. The Hall–Kier alpha value is -1.67. The van der Waals surface area contributed by atoms with Crippen molar-refractivity contribution in [3.05, 3.63) is 58.6 Å². The van der Waals surface area contributed by atoms with E-state index in [1.807, 2.05) is 24.3 Å². The van der Waals surface area contributed by atoms with Crippen LogP contribution >= 0.6 is 11.6 Å². The lowest BCUT2D eigenvalue weighted by molar-refractivity contribution is 0.337. The lowest BCUT2D eigenvalue weighted by Gasteiger charge is -2.29. The summed E-state index contributed by atoms with van der Waals surface area (Å²) in [7, 11) is 1.69. The molecule has 1 N–H and O–H groups in total. The second-order valence-corrected chi connectivity index (χ2v) is 6.75. The molecule has 0 spiro atoms. The molecule has 3 rings (SSSR count). The molecule has 0 saturated heterocycles. The molecule has 110 valence electrons. The Morgan fingerprint density at radius 1 is 1.19 bits per heavy atom. The van der Waals surface area contributed by atoms with Crippen molar-refractivity contribution in [2.75, 3.05) is 12.4 Å². The number of anilines is 1. The molecule has 0 saturated carbocycles. The van der Waals surface area contributed by atoms with Crippen molar-refractivity contribution >= 4 is 17.3 Å². The van der Waals surface area contributed by atoms with Crippen LogP contribution in [0.3, 0.4) is 0 Å². The maximum absolute atomic E-state index is 6.18. The second kappa shape index (κ2) is 5.27. The first-order valence-corrected chi connectivity index (χ1v) is 7.56. The molecule has 1 aliphatic rings. The first-order valence-electron chi connectivity index (χ1n) is 7.18. The summed E-state index contributed by atoms with van der Waals surface area (Å²) in [5, 5.41) is 4.45. The minimum Gasteiger partial charge on any atom is -0.497 e. The number of hydrogen-bond donors (Lipinski definition) is 1. The monoisotopic (exact) mass is 301 g/mol. The van der Waals surface area contributed by atoms with Crippen LogP contribution in [0.4, 0.5) is 5.69 Å². The lowest BCUT2D eigenvalue weighted by atomic mass is 9.85. The average molecular weight is 302 g/mol. The SMILES string of the molecule is COc1cccc(NC2c3cc(Cl)ccc3CC2(C)C)c1. The van der Waals surface area contributed by atoms with Crippen LogP contribution in [0.15, 0.2) is 42.5 Å². The van der Waals surface area contributed by atoms with Crippen molar-refractivity contribution in [2.45, 2.75) is 26.3 Å². The van der Waals surface area contributed by atoms with E-state index < -0.39 is 0 Å². The van der Waals surface area contributed by atoms with Gasteiger partial charge in [-0.15, -0.1) is 0 Å². The number of halogens is 1. The van der Waals surface area contributed by atoms with E-state index in [0.717, 1.165) is 22.9 Å². The van der Waals surface area contributed by atoms with Gasteiger partial charge in [0.25, 0.3) is 0 Å². The van der Waals surface area contributed by atoms with Gasteiger partial charge in [-0.1, -0.05) is 37.6 Å². The number of methoxy groups -OCH3 is 1. The Morgan fingerprint density at radius 3 is 2.76 bits per heavy atom. The lowest BCUT2D eigenvalue weighted by Crippen LogP contribution is -2.24. The highest BCUT2D eigenvalue weighted by Gasteiger charge is 2.39. The number of nitrogens with one attached hydrogen (secondary N) is 1. The minimum absolute atomic E-state index is 0.149. The Morgan fingerprint density at radius 2 is 2.00 bits per heavy atom. The van der Waals surface area contributed by atoms with Crippen LogP contribution in [0.1, 0.15) is 31.0 Å². The van der Waals surface area contributed by atoms with Gasteiger partial charge in [-0.25, -0.2) is 0 Å². The van der Waals surface area contributed by atoms with E-state index in [4.69, 9.17) is 16.3 Å². The van der Waals surface area contributed by atoms with Gasteiger partial charge >= 0.3 is 0 Å². The molecule has 1 atom stereocenters. The largest absolute Gasteiger partial charge is 0.497 e. The second-order valence-electron chi connectivity index (χ2n) is 6.32. The normalized spacial score (nSPS) is 19.1. The van der Waals surface area contributed by atoms with Gasteiger partial charge < -0.3 is 10.1 Å². The molecule has 0 aliphatic heterocycles. The van der Waals surface area contributed by atoms with Gasteiger partial charge in [-0.3, -0.25) is 0 Å². The van der Waals surface area contributed by atoms with Crippen LogP contribution in [-0.2, 0) is 6.42 Å². The molecule has 0 heterocycles. The van der Waals surface area contributed by atoms with Crippen molar-refractivity contribution < 1.29 is 4.74 Å². The molecule has 3 heteroatoms. The van der Waals surface area contributed by atoms with Crippen LogP contribution in [0.25, 0.3) is 0 Å². The molecule has 0 fully saturated rings. The molecule has 1 unspecified atom stereocenters. The summed E-state index contributed by atoms with van der Waals surface area (Å²) >= 11 is 6.18. The number of ether oxygens (including phenoxy) is 1. The maximum Gasteiger partial charge on any atom is 0.120 e. The van der Waals surface area contributed by atoms with E-state index >= 15 is 0 Å². The quantitative estimate of drug-likeness (QED) is 0.853. The first kappa shape index (κ1) is 14.3. The van der Waals surface area contributed by atoms with Gasteiger partial charge in [0.1, 0.15) is 5.75 Å². The van der Waals surface area contributed by atoms with Crippen LogP contribution in [-0.4, -0.2) is 7.11 Å². The molecule has 0 amide bonds. The van der Waals surface area contributed by atoms with E-state index in [1.54, 1.807) is 7.11 Å². The smallest absolute Gasteiger partial charge is 0.120 e. The van der Waals surface area contributed by atoms with Crippen LogP contribution < -0.4 is 10.1 Å². The van der Waals surface area contributed by atoms with Crippen molar-refractivity contribution in [3.8, 4) is 5.75 Å². The van der Waals surface area contributed by atoms with Crippen molar-refractivity contribution in [1.29, 1.82) is 0 Å². The van der Waals surface area contributed by atoms with Gasteiger partial charge in [-0.05, 0) is 47.2 Å². The highest BCUT2D eigenvalue weighted by Crippen LogP contribution is 2.47. The van der Waals surface area contributed by atoms with E-state index in [9.17, 15) is 0 Å². The number of benzene rings is 2. The molecule has 2 aromatic carbocycles. The molecular formula is C18H20ClNO.